The van der Waals surface area contributed by atoms with Crippen LogP contribution in [-0.4, -0.2) is 4.45 Å². The lowest BCUT2D eigenvalue weighted by Gasteiger charge is -2.04. The van der Waals surface area contributed by atoms with E-state index in [-0.39, 0.29) is 10.3 Å². The van der Waals surface area contributed by atoms with E-state index in [1.165, 1.54) is 6.07 Å². The van der Waals surface area contributed by atoms with Gasteiger partial charge < -0.3 is 5.32 Å². The summed E-state index contributed by atoms with van der Waals surface area (Å²) in [4.78, 5) is 0. The van der Waals surface area contributed by atoms with Gasteiger partial charge in [-0.2, -0.15) is 0 Å². The van der Waals surface area contributed by atoms with Gasteiger partial charge in [0.2, 0.25) is 0 Å². The molecular weight excluding hydrogens is 197 g/mol. The SMILES string of the molecule is Cc1ccc(F)c(NC(=S)Cl)c1. The third-order valence-electron chi connectivity index (χ3n) is 1.35. The van der Waals surface area contributed by atoms with Gasteiger partial charge in [-0.3, -0.25) is 0 Å². The van der Waals surface area contributed by atoms with E-state index in [4.69, 9.17) is 11.6 Å². The molecule has 0 radical (unpaired) electrons. The average molecular weight is 204 g/mol. The normalized spacial score (nSPS) is 9.58. The van der Waals surface area contributed by atoms with Crippen molar-refractivity contribution >= 4 is 34.0 Å². The Bertz CT molecular complexity index is 314. The molecule has 4 heteroatoms. The van der Waals surface area contributed by atoms with E-state index in [2.05, 4.69) is 17.5 Å². The fraction of sp³-hybridized carbons (Fsp3) is 0.125. The lowest BCUT2D eigenvalue weighted by Crippen LogP contribution is -2.02. The Morgan fingerprint density at radius 3 is 2.83 bits per heavy atom. The second kappa shape index (κ2) is 3.83. The van der Waals surface area contributed by atoms with Crippen LogP contribution in [0.1, 0.15) is 5.56 Å². The maximum atomic E-state index is 12.9. The lowest BCUT2D eigenvalue weighted by atomic mass is 10.2. The number of nitrogens with one attached hydrogen (secondary N) is 1. The third kappa shape index (κ3) is 2.43. The van der Waals surface area contributed by atoms with Gasteiger partial charge in [0.15, 0.2) is 4.45 Å². The summed E-state index contributed by atoms with van der Waals surface area (Å²) in [6.07, 6.45) is 0. The highest BCUT2D eigenvalue weighted by molar-refractivity contribution is 7.83. The van der Waals surface area contributed by atoms with Crippen molar-refractivity contribution in [3.63, 3.8) is 0 Å². The van der Waals surface area contributed by atoms with Crippen LogP contribution in [0.3, 0.4) is 0 Å². The smallest absolute Gasteiger partial charge is 0.171 e. The summed E-state index contributed by atoms with van der Waals surface area (Å²) in [7, 11) is 0. The number of hydrogen-bond acceptors (Lipinski definition) is 1. The number of aryl methyl sites for hydroxylation is 1. The highest BCUT2D eigenvalue weighted by Gasteiger charge is 2.01. The molecule has 0 heterocycles. The van der Waals surface area contributed by atoms with Crippen LogP contribution in [0, 0.1) is 12.7 Å². The van der Waals surface area contributed by atoms with E-state index in [0.29, 0.717) is 5.69 Å². The first-order valence-electron chi connectivity index (χ1n) is 3.32. The predicted molar refractivity (Wildman–Crippen MR) is 53.2 cm³/mol. The highest BCUT2D eigenvalue weighted by atomic mass is 35.5. The van der Waals surface area contributed by atoms with E-state index in [1.54, 1.807) is 12.1 Å². The molecule has 0 saturated heterocycles. The van der Waals surface area contributed by atoms with Gasteiger partial charge in [-0.1, -0.05) is 17.7 Å². The van der Waals surface area contributed by atoms with Crippen molar-refractivity contribution in [2.45, 2.75) is 6.92 Å². The summed E-state index contributed by atoms with van der Waals surface area (Å²) in [5, 5.41) is 2.54. The summed E-state index contributed by atoms with van der Waals surface area (Å²) in [6, 6.07) is 4.69. The number of rotatable bonds is 1. The van der Waals surface area contributed by atoms with Crippen LogP contribution in [0.5, 0.6) is 0 Å². The molecule has 0 unspecified atom stereocenters. The molecular formula is C8H7ClFNS. The van der Waals surface area contributed by atoms with Gasteiger partial charge in [-0.25, -0.2) is 4.39 Å². The molecule has 1 nitrogen and oxygen atoms in total. The van der Waals surface area contributed by atoms with Gasteiger partial charge in [0.25, 0.3) is 0 Å². The van der Waals surface area contributed by atoms with Gasteiger partial charge in [-0.15, -0.1) is 0 Å². The van der Waals surface area contributed by atoms with Crippen molar-refractivity contribution in [3.05, 3.63) is 29.6 Å². The molecule has 1 N–H and O–H groups in total. The highest BCUT2D eigenvalue weighted by Crippen LogP contribution is 2.15. The van der Waals surface area contributed by atoms with Crippen LogP contribution in [0.2, 0.25) is 0 Å². The molecule has 0 bridgehead atoms. The zero-order valence-electron chi connectivity index (χ0n) is 6.40. The predicted octanol–water partition coefficient (Wildman–Crippen LogP) is 3.07. The Kier molecular flexibility index (Phi) is 3.00. The molecule has 1 rings (SSSR count). The van der Waals surface area contributed by atoms with Crippen molar-refractivity contribution in [1.29, 1.82) is 0 Å². The van der Waals surface area contributed by atoms with Gasteiger partial charge in [0.1, 0.15) is 5.82 Å². The van der Waals surface area contributed by atoms with Crippen molar-refractivity contribution in [2.75, 3.05) is 5.32 Å². The maximum Gasteiger partial charge on any atom is 0.171 e. The molecule has 0 fully saturated rings. The zero-order valence-corrected chi connectivity index (χ0v) is 7.97. The zero-order chi connectivity index (χ0) is 9.14. The van der Waals surface area contributed by atoms with Gasteiger partial charge in [0, 0.05) is 0 Å². The summed E-state index contributed by atoms with van der Waals surface area (Å²) in [5.74, 6) is -0.358. The number of benzene rings is 1. The average Bonchev–Trinajstić information content (AvgIpc) is 1.96. The van der Waals surface area contributed by atoms with E-state index in [1.807, 2.05) is 6.92 Å². The van der Waals surface area contributed by atoms with Crippen LogP contribution < -0.4 is 5.32 Å². The second-order valence-electron chi connectivity index (χ2n) is 2.38. The number of thiocarbonyl (C=S) groups is 1. The molecule has 0 aromatic heterocycles. The third-order valence-corrected chi connectivity index (χ3v) is 1.55. The van der Waals surface area contributed by atoms with Gasteiger partial charge in [0.05, 0.1) is 5.69 Å². The molecule has 0 aliphatic rings. The molecule has 0 saturated carbocycles. The van der Waals surface area contributed by atoms with Gasteiger partial charge in [-0.05, 0) is 36.8 Å². The van der Waals surface area contributed by atoms with Crippen molar-refractivity contribution in [2.24, 2.45) is 0 Å². The van der Waals surface area contributed by atoms with Crippen molar-refractivity contribution in [1.82, 2.24) is 0 Å². The minimum absolute atomic E-state index is 0.0412. The van der Waals surface area contributed by atoms with E-state index >= 15 is 0 Å². The summed E-state index contributed by atoms with van der Waals surface area (Å²) >= 11 is 9.96. The number of halogens is 2. The molecule has 12 heavy (non-hydrogen) atoms. The van der Waals surface area contributed by atoms with Crippen molar-refractivity contribution < 1.29 is 4.39 Å². The molecule has 0 amide bonds. The maximum absolute atomic E-state index is 12.9. The quantitative estimate of drug-likeness (QED) is 0.428. The Morgan fingerprint density at radius 2 is 2.25 bits per heavy atom. The first-order chi connectivity index (χ1) is 5.59. The first kappa shape index (κ1) is 9.42. The standard InChI is InChI=1S/C8H7ClFNS/c1-5-2-3-6(10)7(4-5)11-8(9)12/h2-4H,1H3,(H,11,12). The minimum Gasteiger partial charge on any atom is -0.335 e. The summed E-state index contributed by atoms with van der Waals surface area (Å²) in [5.41, 5.74) is 1.27. The fourth-order valence-corrected chi connectivity index (χ4v) is 1.05. The second-order valence-corrected chi connectivity index (χ2v) is 3.39. The van der Waals surface area contributed by atoms with E-state index in [9.17, 15) is 4.39 Å². The largest absolute Gasteiger partial charge is 0.335 e. The van der Waals surface area contributed by atoms with Crippen molar-refractivity contribution in [3.8, 4) is 0 Å². The molecule has 1 aromatic carbocycles. The van der Waals surface area contributed by atoms with Crippen LogP contribution in [-0.2, 0) is 0 Å². The molecule has 0 spiro atoms. The topological polar surface area (TPSA) is 12.0 Å². The Hall–Kier alpha value is -0.670. The number of anilines is 1. The fourth-order valence-electron chi connectivity index (χ4n) is 0.841. The van der Waals surface area contributed by atoms with E-state index in [0.717, 1.165) is 5.56 Å². The molecule has 0 atom stereocenters. The van der Waals surface area contributed by atoms with Crippen LogP contribution in [0.4, 0.5) is 10.1 Å². The molecule has 0 aliphatic carbocycles. The van der Waals surface area contributed by atoms with Crippen LogP contribution in [0.25, 0.3) is 0 Å². The number of hydrogen-bond donors (Lipinski definition) is 1. The Balaban J connectivity index is 2.97. The van der Waals surface area contributed by atoms with Crippen LogP contribution in [0.15, 0.2) is 18.2 Å². The lowest BCUT2D eigenvalue weighted by molar-refractivity contribution is 0.632. The molecule has 0 aliphatic heterocycles. The van der Waals surface area contributed by atoms with Crippen LogP contribution >= 0.6 is 23.8 Å². The summed E-state index contributed by atoms with van der Waals surface area (Å²) < 4.78 is 13.0. The Labute approximate surface area is 80.5 Å². The first-order valence-corrected chi connectivity index (χ1v) is 4.11. The molecule has 64 valence electrons. The monoisotopic (exact) mass is 203 g/mol. The van der Waals surface area contributed by atoms with Gasteiger partial charge >= 0.3 is 0 Å². The minimum atomic E-state index is -0.358. The van der Waals surface area contributed by atoms with E-state index < -0.39 is 0 Å². The molecule has 1 aromatic rings. The Morgan fingerprint density at radius 1 is 1.58 bits per heavy atom. The summed E-state index contributed by atoms with van der Waals surface area (Å²) in [6.45, 7) is 1.86.